The van der Waals surface area contributed by atoms with Gasteiger partial charge in [-0.2, -0.15) is 4.37 Å². The number of hydrogen-bond donors (Lipinski definition) is 1. The zero-order chi connectivity index (χ0) is 21.0. The summed E-state index contributed by atoms with van der Waals surface area (Å²) in [6, 6.07) is 16.0. The molecule has 30 heavy (non-hydrogen) atoms. The Morgan fingerprint density at radius 3 is 2.73 bits per heavy atom. The Kier molecular flexibility index (Phi) is 8.74. The van der Waals surface area contributed by atoms with E-state index in [2.05, 4.69) is 36.7 Å². The van der Waals surface area contributed by atoms with Crippen LogP contribution in [-0.2, 0) is 22.4 Å². The van der Waals surface area contributed by atoms with E-state index in [-0.39, 0.29) is 5.91 Å². The Bertz CT molecular complexity index is 889. The maximum absolute atomic E-state index is 12.3. The molecule has 8 heteroatoms. The van der Waals surface area contributed by atoms with Gasteiger partial charge in [-0.15, -0.1) is 0 Å². The van der Waals surface area contributed by atoms with E-state index < -0.39 is 0 Å². The second kappa shape index (κ2) is 12.0. The molecule has 2 heterocycles. The lowest BCUT2D eigenvalue weighted by Crippen LogP contribution is -2.33. The van der Waals surface area contributed by atoms with Gasteiger partial charge in [0.1, 0.15) is 5.82 Å². The van der Waals surface area contributed by atoms with Gasteiger partial charge in [0, 0.05) is 69.4 Å². The number of benzene rings is 1. The number of aromatic nitrogens is 3. The van der Waals surface area contributed by atoms with E-state index in [1.807, 2.05) is 36.4 Å². The number of pyridine rings is 1. The number of rotatable bonds is 12. The third kappa shape index (κ3) is 7.20. The van der Waals surface area contributed by atoms with Crippen molar-refractivity contribution in [1.29, 1.82) is 0 Å². The molecule has 3 rings (SSSR count). The number of amides is 1. The second-order valence-electron chi connectivity index (χ2n) is 6.81. The smallest absolute Gasteiger partial charge is 0.221 e. The van der Waals surface area contributed by atoms with Crippen LogP contribution in [0.4, 0.5) is 5.13 Å². The summed E-state index contributed by atoms with van der Waals surface area (Å²) in [6.45, 7) is 2.37. The van der Waals surface area contributed by atoms with Crippen molar-refractivity contribution in [1.82, 2.24) is 19.7 Å². The van der Waals surface area contributed by atoms with Crippen LogP contribution >= 0.6 is 11.5 Å². The molecule has 0 fully saturated rings. The summed E-state index contributed by atoms with van der Waals surface area (Å²) in [5, 5.41) is 3.78. The SMILES string of the molecule is COCCN(CCC(=O)NCCc1ccccn1)c1nc(Cc2ccccc2)ns1. The van der Waals surface area contributed by atoms with E-state index in [0.717, 1.165) is 23.1 Å². The fourth-order valence-corrected chi connectivity index (χ4v) is 3.67. The molecule has 158 valence electrons. The van der Waals surface area contributed by atoms with E-state index >= 15 is 0 Å². The Hall–Kier alpha value is -2.84. The van der Waals surface area contributed by atoms with Crippen LogP contribution in [0.5, 0.6) is 0 Å². The van der Waals surface area contributed by atoms with Gasteiger partial charge < -0.3 is 15.0 Å². The topological polar surface area (TPSA) is 80.2 Å². The Balaban J connectivity index is 1.49. The fourth-order valence-electron chi connectivity index (χ4n) is 2.93. The molecule has 7 nitrogen and oxygen atoms in total. The predicted molar refractivity (Wildman–Crippen MR) is 119 cm³/mol. The molecule has 0 bridgehead atoms. The molecule has 0 aliphatic carbocycles. The van der Waals surface area contributed by atoms with Gasteiger partial charge >= 0.3 is 0 Å². The number of carbonyl (C=O) groups excluding carboxylic acids is 1. The summed E-state index contributed by atoms with van der Waals surface area (Å²) in [6.07, 6.45) is 3.57. The minimum atomic E-state index is 0.0161. The molecule has 3 aromatic rings. The van der Waals surface area contributed by atoms with Gasteiger partial charge in [-0.3, -0.25) is 9.78 Å². The first kappa shape index (κ1) is 21.9. The quantitative estimate of drug-likeness (QED) is 0.481. The molecule has 0 unspecified atom stereocenters. The lowest BCUT2D eigenvalue weighted by atomic mass is 10.1. The van der Waals surface area contributed by atoms with Crippen LogP contribution in [-0.4, -0.2) is 53.6 Å². The van der Waals surface area contributed by atoms with E-state index in [1.54, 1.807) is 13.3 Å². The molecule has 0 spiro atoms. The molecule has 0 aliphatic rings. The van der Waals surface area contributed by atoms with Crippen LogP contribution in [0.3, 0.4) is 0 Å². The number of hydrogen-bond acceptors (Lipinski definition) is 7. The molecule has 0 aliphatic heterocycles. The maximum atomic E-state index is 12.3. The first-order chi connectivity index (χ1) is 14.7. The highest BCUT2D eigenvalue weighted by Gasteiger charge is 2.14. The van der Waals surface area contributed by atoms with Gasteiger partial charge in [0.15, 0.2) is 0 Å². The summed E-state index contributed by atoms with van der Waals surface area (Å²) in [7, 11) is 1.67. The third-order valence-electron chi connectivity index (χ3n) is 4.54. The van der Waals surface area contributed by atoms with Crippen LogP contribution in [0.2, 0.25) is 0 Å². The fraction of sp³-hybridized carbons (Fsp3) is 0.364. The Morgan fingerprint density at radius 1 is 1.13 bits per heavy atom. The van der Waals surface area contributed by atoms with Crippen molar-refractivity contribution in [3.05, 3.63) is 71.8 Å². The number of anilines is 1. The predicted octanol–water partition coefficient (Wildman–Crippen LogP) is 2.73. The van der Waals surface area contributed by atoms with Crippen molar-refractivity contribution in [2.45, 2.75) is 19.3 Å². The number of ether oxygens (including phenoxy) is 1. The highest BCUT2D eigenvalue weighted by molar-refractivity contribution is 7.09. The van der Waals surface area contributed by atoms with Crippen molar-refractivity contribution in [3.63, 3.8) is 0 Å². The maximum Gasteiger partial charge on any atom is 0.221 e. The normalized spacial score (nSPS) is 10.7. The third-order valence-corrected chi connectivity index (χ3v) is 5.35. The van der Waals surface area contributed by atoms with Crippen LogP contribution in [0.1, 0.15) is 23.5 Å². The van der Waals surface area contributed by atoms with Crippen LogP contribution in [0, 0.1) is 0 Å². The zero-order valence-corrected chi connectivity index (χ0v) is 18.0. The van der Waals surface area contributed by atoms with Crippen molar-refractivity contribution in [2.75, 3.05) is 38.3 Å². The summed E-state index contributed by atoms with van der Waals surface area (Å²) in [5.41, 5.74) is 2.15. The molecule has 0 saturated carbocycles. The van der Waals surface area contributed by atoms with Crippen molar-refractivity contribution in [2.24, 2.45) is 0 Å². The van der Waals surface area contributed by atoms with Crippen molar-refractivity contribution >= 4 is 22.6 Å². The minimum Gasteiger partial charge on any atom is -0.383 e. The lowest BCUT2D eigenvalue weighted by molar-refractivity contribution is -0.120. The summed E-state index contributed by atoms with van der Waals surface area (Å²) < 4.78 is 9.72. The zero-order valence-electron chi connectivity index (χ0n) is 17.2. The second-order valence-corrected chi connectivity index (χ2v) is 7.54. The van der Waals surface area contributed by atoms with E-state index in [4.69, 9.17) is 4.74 Å². The standard InChI is InChI=1S/C22H27N5O2S/c1-29-16-15-27(14-11-21(28)24-13-10-19-9-5-6-12-23-19)22-25-20(26-30-22)17-18-7-3-2-4-8-18/h2-9,12H,10-11,13-17H2,1H3,(H,24,28). The lowest BCUT2D eigenvalue weighted by Gasteiger charge is -2.20. The molecule has 0 saturated heterocycles. The Morgan fingerprint density at radius 2 is 1.97 bits per heavy atom. The van der Waals surface area contributed by atoms with E-state index in [9.17, 15) is 4.79 Å². The van der Waals surface area contributed by atoms with Crippen LogP contribution in [0.25, 0.3) is 0 Å². The summed E-state index contributed by atoms with van der Waals surface area (Å²) >= 11 is 1.36. The van der Waals surface area contributed by atoms with E-state index in [1.165, 1.54) is 17.1 Å². The first-order valence-corrected chi connectivity index (χ1v) is 10.8. The number of nitrogens with one attached hydrogen (secondary N) is 1. The number of nitrogens with zero attached hydrogens (tertiary/aromatic N) is 4. The molecular weight excluding hydrogens is 398 g/mol. The summed E-state index contributed by atoms with van der Waals surface area (Å²) in [5.74, 6) is 0.811. The average molecular weight is 426 g/mol. The van der Waals surface area contributed by atoms with Gasteiger partial charge in [0.2, 0.25) is 11.0 Å². The highest BCUT2D eigenvalue weighted by Crippen LogP contribution is 2.19. The molecule has 0 atom stereocenters. The average Bonchev–Trinajstić information content (AvgIpc) is 3.23. The first-order valence-electron chi connectivity index (χ1n) is 10.0. The van der Waals surface area contributed by atoms with Gasteiger partial charge in [-0.05, 0) is 17.7 Å². The van der Waals surface area contributed by atoms with Gasteiger partial charge in [0.25, 0.3) is 0 Å². The number of carbonyl (C=O) groups is 1. The summed E-state index contributed by atoms with van der Waals surface area (Å²) in [4.78, 5) is 23.3. The minimum absolute atomic E-state index is 0.0161. The molecule has 1 amide bonds. The Labute approximate surface area is 181 Å². The van der Waals surface area contributed by atoms with E-state index in [0.29, 0.717) is 39.1 Å². The molecular formula is C22H27N5O2S. The van der Waals surface area contributed by atoms with Crippen molar-refractivity contribution in [3.8, 4) is 0 Å². The largest absolute Gasteiger partial charge is 0.383 e. The molecule has 2 aromatic heterocycles. The monoisotopic (exact) mass is 425 g/mol. The van der Waals surface area contributed by atoms with Gasteiger partial charge in [0.05, 0.1) is 6.61 Å². The van der Waals surface area contributed by atoms with Crippen molar-refractivity contribution < 1.29 is 9.53 Å². The molecule has 1 N–H and O–H groups in total. The number of methoxy groups -OCH3 is 1. The highest BCUT2D eigenvalue weighted by atomic mass is 32.1. The van der Waals surface area contributed by atoms with Crippen LogP contribution < -0.4 is 10.2 Å². The van der Waals surface area contributed by atoms with Gasteiger partial charge in [-0.1, -0.05) is 36.4 Å². The van der Waals surface area contributed by atoms with Crippen LogP contribution in [0.15, 0.2) is 54.7 Å². The molecule has 0 radical (unpaired) electrons. The molecule has 1 aromatic carbocycles. The van der Waals surface area contributed by atoms with Gasteiger partial charge in [-0.25, -0.2) is 4.98 Å².